The van der Waals surface area contributed by atoms with E-state index in [9.17, 15) is 13.2 Å². The van der Waals surface area contributed by atoms with E-state index in [1.165, 1.54) is 0 Å². The Hall–Kier alpha value is -0.250. The first-order valence-electron chi connectivity index (χ1n) is 4.03. The average Bonchev–Trinajstić information content (AvgIpc) is 1.99. The summed E-state index contributed by atoms with van der Waals surface area (Å²) < 4.78 is 40.0. The van der Waals surface area contributed by atoms with Gasteiger partial charge >= 0.3 is 6.18 Å². The Morgan fingerprint density at radius 1 is 1.08 bits per heavy atom. The molecular formula is C8H15F3O. The van der Waals surface area contributed by atoms with Crippen molar-refractivity contribution in [1.82, 2.24) is 0 Å². The molecule has 4 heteroatoms. The molecule has 0 aliphatic carbocycles. The van der Waals surface area contributed by atoms with Crippen molar-refractivity contribution in [3.63, 3.8) is 0 Å². The first-order chi connectivity index (χ1) is 5.33. The lowest BCUT2D eigenvalue weighted by atomic mass is 10.0. The number of alkyl halides is 3. The van der Waals surface area contributed by atoms with Crippen LogP contribution < -0.4 is 0 Å². The highest BCUT2D eigenvalue weighted by Gasteiger charge is 2.32. The predicted molar refractivity (Wildman–Crippen MR) is 41.0 cm³/mol. The van der Waals surface area contributed by atoms with Gasteiger partial charge in [-0.05, 0) is 19.8 Å². The van der Waals surface area contributed by atoms with Crippen LogP contribution in [0.25, 0.3) is 0 Å². The van der Waals surface area contributed by atoms with Crippen LogP contribution in [0.3, 0.4) is 0 Å². The Balaban J connectivity index is 3.89. The van der Waals surface area contributed by atoms with E-state index in [4.69, 9.17) is 4.74 Å². The maximum Gasteiger partial charge on any atom is 0.411 e. The van der Waals surface area contributed by atoms with Crippen LogP contribution in [0.2, 0.25) is 0 Å². The minimum absolute atomic E-state index is 0.597. The van der Waals surface area contributed by atoms with Gasteiger partial charge < -0.3 is 4.74 Å². The van der Waals surface area contributed by atoms with E-state index in [1.807, 2.05) is 13.8 Å². The molecule has 0 aromatic carbocycles. The Kier molecular flexibility index (Phi) is 4.03. The smallest absolute Gasteiger partial charge is 0.366 e. The lowest BCUT2D eigenvalue weighted by molar-refractivity contribution is -0.203. The van der Waals surface area contributed by atoms with Gasteiger partial charge in [-0.25, -0.2) is 0 Å². The van der Waals surface area contributed by atoms with Gasteiger partial charge in [-0.2, -0.15) is 13.2 Å². The van der Waals surface area contributed by atoms with Crippen molar-refractivity contribution in [2.45, 2.75) is 45.4 Å². The third-order valence-corrected chi connectivity index (χ3v) is 2.08. The van der Waals surface area contributed by atoms with Crippen LogP contribution >= 0.6 is 0 Å². The molecule has 0 atom stereocenters. The first kappa shape index (κ1) is 11.8. The number of ether oxygens (including phenoxy) is 1. The second-order valence-electron chi connectivity index (χ2n) is 3.06. The maximum absolute atomic E-state index is 11.7. The van der Waals surface area contributed by atoms with Crippen molar-refractivity contribution in [1.29, 1.82) is 0 Å². The van der Waals surface area contributed by atoms with Gasteiger partial charge in [-0.1, -0.05) is 13.8 Å². The van der Waals surface area contributed by atoms with Crippen molar-refractivity contribution < 1.29 is 17.9 Å². The van der Waals surface area contributed by atoms with Gasteiger partial charge in [0.15, 0.2) is 0 Å². The number of hydrogen-bond acceptors (Lipinski definition) is 1. The van der Waals surface area contributed by atoms with Crippen molar-refractivity contribution >= 4 is 0 Å². The van der Waals surface area contributed by atoms with E-state index in [1.54, 1.807) is 6.92 Å². The molecule has 0 saturated carbocycles. The average molecular weight is 184 g/mol. The molecule has 0 spiro atoms. The van der Waals surface area contributed by atoms with E-state index in [0.29, 0.717) is 12.8 Å². The Bertz CT molecular complexity index is 127. The third kappa shape index (κ3) is 4.59. The Labute approximate surface area is 70.9 Å². The van der Waals surface area contributed by atoms with Crippen LogP contribution in [0.5, 0.6) is 0 Å². The minimum atomic E-state index is -4.22. The SMILES string of the molecule is CCC(C)(CC)OCC(F)(F)F. The van der Waals surface area contributed by atoms with Crippen LogP contribution in [-0.4, -0.2) is 18.4 Å². The van der Waals surface area contributed by atoms with Crippen molar-refractivity contribution in [3.8, 4) is 0 Å². The maximum atomic E-state index is 11.7. The first-order valence-corrected chi connectivity index (χ1v) is 4.03. The molecule has 0 saturated heterocycles. The summed E-state index contributed by atoms with van der Waals surface area (Å²) in [5.41, 5.74) is -0.629. The fourth-order valence-electron chi connectivity index (χ4n) is 0.710. The summed E-state index contributed by atoms with van der Waals surface area (Å²) in [7, 11) is 0. The molecule has 0 N–H and O–H groups in total. The zero-order chi connectivity index (χ0) is 9.83. The summed E-state index contributed by atoms with van der Waals surface area (Å²) >= 11 is 0. The molecule has 0 aromatic rings. The van der Waals surface area contributed by atoms with Crippen molar-refractivity contribution in [2.24, 2.45) is 0 Å². The molecular weight excluding hydrogens is 169 g/mol. The zero-order valence-corrected chi connectivity index (χ0v) is 7.66. The molecule has 0 heterocycles. The standard InChI is InChI=1S/C8H15F3O/c1-4-7(3,5-2)12-6-8(9,10)11/h4-6H2,1-3H3. The molecule has 1 nitrogen and oxygen atoms in total. The van der Waals surface area contributed by atoms with Crippen molar-refractivity contribution in [2.75, 3.05) is 6.61 Å². The van der Waals surface area contributed by atoms with Gasteiger partial charge in [0.1, 0.15) is 6.61 Å². The van der Waals surface area contributed by atoms with Gasteiger partial charge in [0.25, 0.3) is 0 Å². The molecule has 0 aromatic heterocycles. The Morgan fingerprint density at radius 3 is 1.75 bits per heavy atom. The van der Waals surface area contributed by atoms with E-state index < -0.39 is 18.4 Å². The second-order valence-corrected chi connectivity index (χ2v) is 3.06. The highest BCUT2D eigenvalue weighted by atomic mass is 19.4. The highest BCUT2D eigenvalue weighted by Crippen LogP contribution is 2.24. The number of hydrogen-bond donors (Lipinski definition) is 0. The monoisotopic (exact) mass is 184 g/mol. The van der Waals surface area contributed by atoms with Crippen LogP contribution in [0, 0.1) is 0 Å². The van der Waals surface area contributed by atoms with Crippen LogP contribution in [0.1, 0.15) is 33.6 Å². The number of halogens is 3. The summed E-state index contributed by atoms with van der Waals surface area (Å²) in [5, 5.41) is 0. The molecule has 0 radical (unpaired) electrons. The summed E-state index contributed by atoms with van der Waals surface area (Å²) in [5.74, 6) is 0. The molecule has 0 fully saturated rings. The van der Waals surface area contributed by atoms with Gasteiger partial charge in [-0.3, -0.25) is 0 Å². The molecule has 0 aliphatic rings. The lowest BCUT2D eigenvalue weighted by Crippen LogP contribution is -2.32. The van der Waals surface area contributed by atoms with Gasteiger partial charge in [0.2, 0.25) is 0 Å². The summed E-state index contributed by atoms with van der Waals surface area (Å²) in [4.78, 5) is 0. The van der Waals surface area contributed by atoms with Crippen LogP contribution in [-0.2, 0) is 4.74 Å². The van der Waals surface area contributed by atoms with Gasteiger partial charge in [0.05, 0.1) is 5.60 Å². The van der Waals surface area contributed by atoms with Crippen molar-refractivity contribution in [3.05, 3.63) is 0 Å². The molecule has 0 bridgehead atoms. The quantitative estimate of drug-likeness (QED) is 0.652. The summed E-state index contributed by atoms with van der Waals surface area (Å²) in [6.45, 7) is 4.18. The van der Waals surface area contributed by atoms with Gasteiger partial charge in [0, 0.05) is 0 Å². The molecule has 74 valence electrons. The summed E-state index contributed by atoms with van der Waals surface area (Å²) in [6, 6.07) is 0. The van der Waals surface area contributed by atoms with Gasteiger partial charge in [-0.15, -0.1) is 0 Å². The van der Waals surface area contributed by atoms with E-state index in [2.05, 4.69) is 0 Å². The molecule has 0 amide bonds. The van der Waals surface area contributed by atoms with Crippen LogP contribution in [0.4, 0.5) is 13.2 Å². The highest BCUT2D eigenvalue weighted by molar-refractivity contribution is 4.71. The molecule has 0 rings (SSSR count). The fraction of sp³-hybridized carbons (Fsp3) is 1.00. The third-order valence-electron chi connectivity index (χ3n) is 2.08. The summed E-state index contributed by atoms with van der Waals surface area (Å²) in [6.07, 6.45) is -3.02. The molecule has 0 aliphatic heterocycles. The lowest BCUT2D eigenvalue weighted by Gasteiger charge is -2.27. The second kappa shape index (κ2) is 4.12. The Morgan fingerprint density at radius 2 is 1.50 bits per heavy atom. The normalized spacial score (nSPS) is 13.5. The molecule has 0 unspecified atom stereocenters. The molecule has 12 heavy (non-hydrogen) atoms. The van der Waals surface area contributed by atoms with E-state index in [-0.39, 0.29) is 0 Å². The van der Waals surface area contributed by atoms with E-state index in [0.717, 1.165) is 0 Å². The number of rotatable bonds is 4. The minimum Gasteiger partial charge on any atom is -0.366 e. The fourth-order valence-corrected chi connectivity index (χ4v) is 0.710. The topological polar surface area (TPSA) is 9.23 Å². The predicted octanol–water partition coefficient (Wildman–Crippen LogP) is 3.14. The van der Waals surface area contributed by atoms with E-state index >= 15 is 0 Å². The largest absolute Gasteiger partial charge is 0.411 e. The van der Waals surface area contributed by atoms with Crippen LogP contribution in [0.15, 0.2) is 0 Å². The zero-order valence-electron chi connectivity index (χ0n) is 7.66.